The molecule has 1 saturated heterocycles. The molecule has 1 aromatic carbocycles. The highest BCUT2D eigenvalue weighted by Crippen LogP contribution is 2.17. The van der Waals surface area contributed by atoms with E-state index >= 15 is 0 Å². The van der Waals surface area contributed by atoms with E-state index in [4.69, 9.17) is 4.74 Å². The smallest absolute Gasteiger partial charge is 0.260 e. The number of ether oxygens (including phenoxy) is 1. The normalized spacial score (nSPS) is 19.4. The minimum absolute atomic E-state index is 0.0717. The summed E-state index contributed by atoms with van der Waals surface area (Å²) in [5.74, 6) is 0.174. The van der Waals surface area contributed by atoms with E-state index in [2.05, 4.69) is 6.92 Å². The first kappa shape index (κ1) is 11.9. The third-order valence-corrected chi connectivity index (χ3v) is 2.96. The van der Waals surface area contributed by atoms with Crippen molar-refractivity contribution in [2.75, 3.05) is 19.7 Å². The van der Waals surface area contributed by atoms with Crippen molar-refractivity contribution in [2.45, 2.75) is 13.3 Å². The van der Waals surface area contributed by atoms with Gasteiger partial charge in [0.15, 0.2) is 18.2 Å². The SMILES string of the molecule is CC1CCN(C(=O)COc2ccccc2F)C1. The van der Waals surface area contributed by atoms with Crippen LogP contribution in [0.4, 0.5) is 4.39 Å². The Labute approximate surface area is 100 Å². The molecule has 1 unspecified atom stereocenters. The number of rotatable bonds is 3. The van der Waals surface area contributed by atoms with Gasteiger partial charge >= 0.3 is 0 Å². The van der Waals surface area contributed by atoms with Gasteiger partial charge in [-0.15, -0.1) is 0 Å². The predicted octanol–water partition coefficient (Wildman–Crippen LogP) is 2.07. The minimum Gasteiger partial charge on any atom is -0.481 e. The molecule has 0 aliphatic carbocycles. The summed E-state index contributed by atoms with van der Waals surface area (Å²) >= 11 is 0. The molecule has 1 aliphatic rings. The molecular weight excluding hydrogens is 221 g/mol. The standard InChI is InChI=1S/C13H16FNO2/c1-10-6-7-15(8-10)13(16)9-17-12-5-3-2-4-11(12)14/h2-5,10H,6-9H2,1H3. The summed E-state index contributed by atoms with van der Waals surface area (Å²) in [6.07, 6.45) is 1.03. The van der Waals surface area contributed by atoms with Crippen LogP contribution < -0.4 is 4.74 Å². The van der Waals surface area contributed by atoms with E-state index in [0.29, 0.717) is 5.92 Å². The third kappa shape index (κ3) is 2.96. The van der Waals surface area contributed by atoms with Crippen LogP contribution in [0, 0.1) is 11.7 Å². The Hall–Kier alpha value is -1.58. The van der Waals surface area contributed by atoms with Crippen LogP contribution in [-0.4, -0.2) is 30.5 Å². The van der Waals surface area contributed by atoms with Crippen LogP contribution in [0.2, 0.25) is 0 Å². The Morgan fingerprint density at radius 1 is 1.53 bits per heavy atom. The van der Waals surface area contributed by atoms with Crippen LogP contribution in [0.1, 0.15) is 13.3 Å². The molecule has 0 saturated carbocycles. The van der Waals surface area contributed by atoms with E-state index in [1.54, 1.807) is 17.0 Å². The minimum atomic E-state index is -0.435. The molecule has 1 amide bonds. The number of carbonyl (C=O) groups is 1. The highest BCUT2D eigenvalue weighted by Gasteiger charge is 2.23. The van der Waals surface area contributed by atoms with Gasteiger partial charge < -0.3 is 9.64 Å². The third-order valence-electron chi connectivity index (χ3n) is 2.96. The van der Waals surface area contributed by atoms with Gasteiger partial charge in [0.1, 0.15) is 0 Å². The number of benzene rings is 1. The molecule has 1 aliphatic heterocycles. The number of likely N-dealkylation sites (tertiary alicyclic amines) is 1. The van der Waals surface area contributed by atoms with E-state index in [9.17, 15) is 9.18 Å². The number of hydrogen-bond donors (Lipinski definition) is 0. The molecule has 1 fully saturated rings. The lowest BCUT2D eigenvalue weighted by molar-refractivity contribution is -0.132. The van der Waals surface area contributed by atoms with Crippen LogP contribution in [0.5, 0.6) is 5.75 Å². The van der Waals surface area contributed by atoms with Crippen LogP contribution in [-0.2, 0) is 4.79 Å². The first-order valence-electron chi connectivity index (χ1n) is 5.82. The molecule has 1 atom stereocenters. The van der Waals surface area contributed by atoms with Gasteiger partial charge in [0.05, 0.1) is 0 Å². The van der Waals surface area contributed by atoms with E-state index < -0.39 is 5.82 Å². The van der Waals surface area contributed by atoms with Gasteiger partial charge in [0.25, 0.3) is 5.91 Å². The molecule has 92 valence electrons. The van der Waals surface area contributed by atoms with Crippen molar-refractivity contribution in [1.82, 2.24) is 4.90 Å². The molecule has 2 rings (SSSR count). The van der Waals surface area contributed by atoms with E-state index in [-0.39, 0.29) is 18.3 Å². The van der Waals surface area contributed by atoms with Gasteiger partial charge in [-0.25, -0.2) is 4.39 Å². The largest absolute Gasteiger partial charge is 0.481 e. The molecule has 0 radical (unpaired) electrons. The van der Waals surface area contributed by atoms with Crippen LogP contribution >= 0.6 is 0 Å². The van der Waals surface area contributed by atoms with Crippen LogP contribution in [0.15, 0.2) is 24.3 Å². The summed E-state index contributed by atoms with van der Waals surface area (Å²) in [5, 5.41) is 0. The van der Waals surface area contributed by atoms with Gasteiger partial charge in [-0.3, -0.25) is 4.79 Å². The van der Waals surface area contributed by atoms with E-state index in [0.717, 1.165) is 19.5 Å². The maximum absolute atomic E-state index is 13.2. The summed E-state index contributed by atoms with van der Waals surface area (Å²) < 4.78 is 18.4. The van der Waals surface area contributed by atoms with E-state index in [1.165, 1.54) is 12.1 Å². The molecular formula is C13H16FNO2. The van der Waals surface area contributed by atoms with E-state index in [1.807, 2.05) is 0 Å². The summed E-state index contributed by atoms with van der Waals surface area (Å²) in [6, 6.07) is 6.11. The molecule has 0 spiro atoms. The number of carbonyl (C=O) groups excluding carboxylic acids is 1. The van der Waals surface area contributed by atoms with Crippen molar-refractivity contribution in [3.8, 4) is 5.75 Å². The Bertz CT molecular complexity index is 408. The lowest BCUT2D eigenvalue weighted by Gasteiger charge is -2.16. The number of para-hydroxylation sites is 1. The zero-order chi connectivity index (χ0) is 12.3. The lowest BCUT2D eigenvalue weighted by atomic mass is 10.2. The van der Waals surface area contributed by atoms with Gasteiger partial charge in [0.2, 0.25) is 0 Å². The fraction of sp³-hybridized carbons (Fsp3) is 0.462. The van der Waals surface area contributed by atoms with Gasteiger partial charge in [-0.1, -0.05) is 19.1 Å². The second-order valence-corrected chi connectivity index (χ2v) is 4.45. The molecule has 1 heterocycles. The fourth-order valence-electron chi connectivity index (χ4n) is 1.95. The second-order valence-electron chi connectivity index (χ2n) is 4.45. The van der Waals surface area contributed by atoms with Crippen molar-refractivity contribution in [2.24, 2.45) is 5.92 Å². The maximum Gasteiger partial charge on any atom is 0.260 e. The number of amides is 1. The van der Waals surface area contributed by atoms with Crippen molar-refractivity contribution in [3.05, 3.63) is 30.1 Å². The summed E-state index contributed by atoms with van der Waals surface area (Å²) in [4.78, 5) is 13.5. The average molecular weight is 237 g/mol. The first-order valence-corrected chi connectivity index (χ1v) is 5.82. The van der Waals surface area contributed by atoms with Gasteiger partial charge in [-0.2, -0.15) is 0 Å². The second kappa shape index (κ2) is 5.17. The first-order chi connectivity index (χ1) is 8.16. The quantitative estimate of drug-likeness (QED) is 0.805. The molecule has 4 heteroatoms. The Balaban J connectivity index is 1.86. The molecule has 17 heavy (non-hydrogen) atoms. The summed E-state index contributed by atoms with van der Waals surface area (Å²) in [6.45, 7) is 3.58. The molecule has 0 N–H and O–H groups in total. The molecule has 1 aromatic rings. The zero-order valence-corrected chi connectivity index (χ0v) is 9.86. The average Bonchev–Trinajstić information content (AvgIpc) is 2.74. The van der Waals surface area contributed by atoms with Crippen LogP contribution in [0.3, 0.4) is 0 Å². The number of halogens is 1. The monoisotopic (exact) mass is 237 g/mol. The Kier molecular flexibility index (Phi) is 3.61. The van der Waals surface area contributed by atoms with Gasteiger partial charge in [-0.05, 0) is 24.5 Å². The molecule has 0 bridgehead atoms. The van der Waals surface area contributed by atoms with Crippen LogP contribution in [0.25, 0.3) is 0 Å². The zero-order valence-electron chi connectivity index (χ0n) is 9.86. The van der Waals surface area contributed by atoms with Crippen molar-refractivity contribution in [1.29, 1.82) is 0 Å². The molecule has 3 nitrogen and oxygen atoms in total. The summed E-state index contributed by atoms with van der Waals surface area (Å²) in [5.41, 5.74) is 0. The Morgan fingerprint density at radius 3 is 2.94 bits per heavy atom. The summed E-state index contributed by atoms with van der Waals surface area (Å²) in [7, 11) is 0. The fourth-order valence-corrected chi connectivity index (χ4v) is 1.95. The van der Waals surface area contributed by atoms with Crippen molar-refractivity contribution in [3.63, 3.8) is 0 Å². The van der Waals surface area contributed by atoms with Crippen molar-refractivity contribution >= 4 is 5.91 Å². The highest BCUT2D eigenvalue weighted by atomic mass is 19.1. The number of nitrogens with zero attached hydrogens (tertiary/aromatic N) is 1. The Morgan fingerprint density at radius 2 is 2.29 bits per heavy atom. The lowest BCUT2D eigenvalue weighted by Crippen LogP contribution is -2.32. The predicted molar refractivity (Wildman–Crippen MR) is 62.3 cm³/mol. The van der Waals surface area contributed by atoms with Gasteiger partial charge in [0, 0.05) is 13.1 Å². The van der Waals surface area contributed by atoms with Crippen molar-refractivity contribution < 1.29 is 13.9 Å². The highest BCUT2D eigenvalue weighted by molar-refractivity contribution is 5.78. The molecule has 0 aromatic heterocycles. The number of hydrogen-bond acceptors (Lipinski definition) is 2. The maximum atomic E-state index is 13.2. The topological polar surface area (TPSA) is 29.5 Å².